The molecule has 0 radical (unpaired) electrons. The summed E-state index contributed by atoms with van der Waals surface area (Å²) in [5.41, 5.74) is 5.07. The number of nitrogens with one attached hydrogen (secondary N) is 1. The molecule has 2 nitrogen and oxygen atoms in total. The fraction of sp³-hybridized carbons (Fsp3) is 0.316. The van der Waals surface area contributed by atoms with E-state index in [1.165, 1.54) is 5.56 Å². The molecule has 1 N–H and O–H groups in total. The van der Waals surface area contributed by atoms with E-state index in [9.17, 15) is 4.79 Å². The molecule has 0 aliphatic carbocycles. The summed E-state index contributed by atoms with van der Waals surface area (Å²) in [6, 6.07) is 13.8. The fourth-order valence-electron chi connectivity index (χ4n) is 2.32. The maximum atomic E-state index is 12.4. The molecule has 0 bridgehead atoms. The molecule has 1 amide bonds. The highest BCUT2D eigenvalue weighted by atomic mass is 16.1. The molecule has 0 saturated heterocycles. The van der Waals surface area contributed by atoms with Gasteiger partial charge in [0.2, 0.25) is 0 Å². The molecular weight excluding hydrogens is 258 g/mol. The third-order valence-electron chi connectivity index (χ3n) is 3.73. The van der Waals surface area contributed by atoms with Crippen molar-refractivity contribution in [2.24, 2.45) is 0 Å². The Hall–Kier alpha value is -2.09. The maximum absolute atomic E-state index is 12.4. The van der Waals surface area contributed by atoms with Crippen molar-refractivity contribution in [1.29, 1.82) is 0 Å². The molecule has 2 rings (SSSR count). The number of hydrogen-bond donors (Lipinski definition) is 1. The monoisotopic (exact) mass is 281 g/mol. The van der Waals surface area contributed by atoms with E-state index < -0.39 is 0 Å². The van der Waals surface area contributed by atoms with Crippen LogP contribution in [0.15, 0.2) is 42.5 Å². The highest BCUT2D eigenvalue weighted by Crippen LogP contribution is 2.23. The van der Waals surface area contributed by atoms with Crippen LogP contribution in [0.4, 0.5) is 5.69 Å². The van der Waals surface area contributed by atoms with Crippen LogP contribution < -0.4 is 5.32 Å². The Balaban J connectivity index is 2.21. The lowest BCUT2D eigenvalue weighted by molar-refractivity contribution is 0.102. The van der Waals surface area contributed by atoms with E-state index in [4.69, 9.17) is 0 Å². The van der Waals surface area contributed by atoms with Gasteiger partial charge in [-0.3, -0.25) is 4.79 Å². The quantitative estimate of drug-likeness (QED) is 0.837. The Morgan fingerprint density at radius 1 is 0.905 bits per heavy atom. The van der Waals surface area contributed by atoms with Crippen molar-refractivity contribution in [3.05, 3.63) is 64.7 Å². The predicted octanol–water partition coefficient (Wildman–Crippen LogP) is 4.85. The smallest absolute Gasteiger partial charge is 0.255 e. The van der Waals surface area contributed by atoms with Crippen molar-refractivity contribution >= 4 is 11.6 Å². The topological polar surface area (TPSA) is 29.1 Å². The van der Waals surface area contributed by atoms with Crippen LogP contribution in [0.25, 0.3) is 0 Å². The number of amides is 1. The van der Waals surface area contributed by atoms with Crippen molar-refractivity contribution in [3.8, 4) is 0 Å². The zero-order chi connectivity index (χ0) is 15.6. The molecule has 2 heteroatoms. The molecule has 0 unspecified atom stereocenters. The number of rotatable bonds is 2. The van der Waals surface area contributed by atoms with Crippen LogP contribution in [0.3, 0.4) is 0 Å². The Labute approximate surface area is 127 Å². The lowest BCUT2D eigenvalue weighted by atomic mass is 9.86. The maximum Gasteiger partial charge on any atom is 0.255 e. The van der Waals surface area contributed by atoms with Gasteiger partial charge in [0.15, 0.2) is 0 Å². The van der Waals surface area contributed by atoms with E-state index in [0.29, 0.717) is 5.56 Å². The van der Waals surface area contributed by atoms with Gasteiger partial charge < -0.3 is 5.32 Å². The van der Waals surface area contributed by atoms with Gasteiger partial charge in [-0.05, 0) is 48.1 Å². The van der Waals surface area contributed by atoms with Gasteiger partial charge in [-0.15, -0.1) is 0 Å². The van der Waals surface area contributed by atoms with Gasteiger partial charge in [0.05, 0.1) is 0 Å². The number of carbonyl (C=O) groups is 1. The standard InChI is InChI=1S/C19H23NO/c1-13-7-6-8-14(2)17(13)20-18(21)15-9-11-16(12-10-15)19(3,4)5/h6-12H,1-5H3,(H,20,21). The minimum absolute atomic E-state index is 0.0622. The lowest BCUT2D eigenvalue weighted by Crippen LogP contribution is -2.15. The van der Waals surface area contributed by atoms with Crippen molar-refractivity contribution in [1.82, 2.24) is 0 Å². The van der Waals surface area contributed by atoms with Crippen LogP contribution >= 0.6 is 0 Å². The first-order valence-corrected chi connectivity index (χ1v) is 7.27. The van der Waals surface area contributed by atoms with Crippen molar-refractivity contribution in [2.75, 3.05) is 5.32 Å². The average Bonchev–Trinajstić information content (AvgIpc) is 2.42. The Morgan fingerprint density at radius 2 is 1.43 bits per heavy atom. The zero-order valence-electron chi connectivity index (χ0n) is 13.4. The second-order valence-electron chi connectivity index (χ2n) is 6.55. The van der Waals surface area contributed by atoms with E-state index in [1.54, 1.807) is 0 Å². The summed E-state index contributed by atoms with van der Waals surface area (Å²) in [5.74, 6) is -0.0622. The largest absolute Gasteiger partial charge is 0.322 e. The van der Waals surface area contributed by atoms with Gasteiger partial charge in [-0.25, -0.2) is 0 Å². The number of carbonyl (C=O) groups excluding carboxylic acids is 1. The molecule has 0 atom stereocenters. The lowest BCUT2D eigenvalue weighted by Gasteiger charge is -2.19. The molecule has 0 aliphatic heterocycles. The summed E-state index contributed by atoms with van der Waals surface area (Å²) in [4.78, 5) is 12.4. The molecule has 0 spiro atoms. The number of para-hydroxylation sites is 1. The molecular formula is C19H23NO. The first kappa shape index (κ1) is 15.3. The molecule has 0 aliphatic rings. The SMILES string of the molecule is Cc1cccc(C)c1NC(=O)c1ccc(C(C)(C)C)cc1. The van der Waals surface area contributed by atoms with E-state index in [2.05, 4.69) is 26.1 Å². The van der Waals surface area contributed by atoms with Gasteiger partial charge in [-0.1, -0.05) is 51.1 Å². The molecule has 110 valence electrons. The van der Waals surface area contributed by atoms with Crippen molar-refractivity contribution in [3.63, 3.8) is 0 Å². The van der Waals surface area contributed by atoms with E-state index in [0.717, 1.165) is 16.8 Å². The summed E-state index contributed by atoms with van der Waals surface area (Å²) in [7, 11) is 0. The van der Waals surface area contributed by atoms with Crippen LogP contribution in [-0.4, -0.2) is 5.91 Å². The summed E-state index contributed by atoms with van der Waals surface area (Å²) in [6.07, 6.45) is 0. The summed E-state index contributed by atoms with van der Waals surface area (Å²) in [5, 5.41) is 3.01. The fourth-order valence-corrected chi connectivity index (χ4v) is 2.32. The van der Waals surface area contributed by atoms with Crippen LogP contribution in [0.5, 0.6) is 0 Å². The first-order valence-electron chi connectivity index (χ1n) is 7.27. The molecule has 2 aromatic carbocycles. The molecule has 0 heterocycles. The number of benzene rings is 2. The third-order valence-corrected chi connectivity index (χ3v) is 3.73. The van der Waals surface area contributed by atoms with Crippen LogP contribution in [0.1, 0.15) is 47.8 Å². The van der Waals surface area contributed by atoms with Gasteiger partial charge in [0.25, 0.3) is 5.91 Å². The van der Waals surface area contributed by atoms with Gasteiger partial charge in [0.1, 0.15) is 0 Å². The molecule has 0 fully saturated rings. The zero-order valence-corrected chi connectivity index (χ0v) is 13.4. The third kappa shape index (κ3) is 3.52. The number of anilines is 1. The van der Waals surface area contributed by atoms with Crippen molar-refractivity contribution < 1.29 is 4.79 Å². The minimum Gasteiger partial charge on any atom is -0.322 e. The minimum atomic E-state index is -0.0622. The van der Waals surface area contributed by atoms with E-state index >= 15 is 0 Å². The highest BCUT2D eigenvalue weighted by molar-refractivity contribution is 6.05. The Kier molecular flexibility index (Phi) is 4.17. The average molecular weight is 281 g/mol. The molecule has 0 saturated carbocycles. The van der Waals surface area contributed by atoms with Crippen LogP contribution in [0.2, 0.25) is 0 Å². The summed E-state index contributed by atoms with van der Waals surface area (Å²) >= 11 is 0. The van der Waals surface area contributed by atoms with Gasteiger partial charge >= 0.3 is 0 Å². The first-order chi connectivity index (χ1) is 9.79. The van der Waals surface area contributed by atoms with Crippen LogP contribution in [0, 0.1) is 13.8 Å². The number of hydrogen-bond acceptors (Lipinski definition) is 1. The second kappa shape index (κ2) is 5.72. The highest BCUT2D eigenvalue weighted by Gasteiger charge is 2.15. The van der Waals surface area contributed by atoms with E-state index in [-0.39, 0.29) is 11.3 Å². The molecule has 0 aromatic heterocycles. The molecule has 21 heavy (non-hydrogen) atoms. The summed E-state index contributed by atoms with van der Waals surface area (Å²) < 4.78 is 0. The van der Waals surface area contributed by atoms with Crippen molar-refractivity contribution in [2.45, 2.75) is 40.0 Å². The second-order valence-corrected chi connectivity index (χ2v) is 6.55. The summed E-state index contributed by atoms with van der Waals surface area (Å²) in [6.45, 7) is 10.5. The van der Waals surface area contributed by atoms with Gasteiger partial charge in [-0.2, -0.15) is 0 Å². The molecule has 2 aromatic rings. The number of aryl methyl sites for hydroxylation is 2. The van der Waals surface area contributed by atoms with Gasteiger partial charge in [0, 0.05) is 11.3 Å². The Bertz CT molecular complexity index is 628. The normalized spacial score (nSPS) is 11.3. The van der Waals surface area contributed by atoms with Crippen LogP contribution in [-0.2, 0) is 5.41 Å². The van der Waals surface area contributed by atoms with E-state index in [1.807, 2.05) is 56.3 Å². The Morgan fingerprint density at radius 3 is 1.90 bits per heavy atom. The predicted molar refractivity (Wildman–Crippen MR) is 89.0 cm³/mol.